The minimum atomic E-state index is -4.75. The molecule has 0 N–H and O–H groups in total. The van der Waals surface area contributed by atoms with Crippen molar-refractivity contribution in [2.75, 3.05) is 26.3 Å². The van der Waals surface area contributed by atoms with Crippen molar-refractivity contribution in [2.24, 2.45) is 17.8 Å². The molecule has 0 spiro atoms. The quantitative estimate of drug-likeness (QED) is 0.571. The Kier molecular flexibility index (Phi) is 6.97. The summed E-state index contributed by atoms with van der Waals surface area (Å²) in [6.07, 6.45) is -3.20. The molecule has 9 heteroatoms. The van der Waals surface area contributed by atoms with E-state index in [9.17, 15) is 13.2 Å². The van der Waals surface area contributed by atoms with E-state index in [4.69, 9.17) is 9.84 Å². The molecule has 3 aliphatic rings. The highest BCUT2D eigenvalue weighted by Crippen LogP contribution is 2.59. The molecule has 6 nitrogen and oxygen atoms in total. The van der Waals surface area contributed by atoms with Crippen LogP contribution in [-0.4, -0.2) is 58.4 Å². The Bertz CT molecular complexity index is 986. The molecule has 34 heavy (non-hydrogen) atoms. The first-order valence-corrected chi connectivity index (χ1v) is 12.1. The number of halogens is 3. The molecule has 4 heterocycles. The minimum Gasteiger partial charge on any atom is -0.404 e. The van der Waals surface area contributed by atoms with Crippen LogP contribution in [0.4, 0.5) is 13.2 Å². The fraction of sp³-hybridized carbons (Fsp3) is 0.680. The van der Waals surface area contributed by atoms with E-state index in [1.807, 2.05) is 10.7 Å². The molecule has 5 rings (SSSR count). The Morgan fingerprint density at radius 2 is 1.68 bits per heavy atom. The van der Waals surface area contributed by atoms with E-state index < -0.39 is 6.36 Å². The third-order valence-electron chi connectivity index (χ3n) is 6.52. The first-order valence-electron chi connectivity index (χ1n) is 12.1. The normalized spacial score (nSPS) is 24.6. The summed E-state index contributed by atoms with van der Waals surface area (Å²) in [5.41, 5.74) is 2.52. The van der Waals surface area contributed by atoms with Crippen molar-refractivity contribution in [1.29, 1.82) is 0 Å². The first kappa shape index (κ1) is 25.0. The first-order chi connectivity index (χ1) is 15.9. The van der Waals surface area contributed by atoms with Gasteiger partial charge in [-0.05, 0) is 50.7 Å². The molecule has 188 valence electrons. The maximum Gasteiger partial charge on any atom is 0.573 e. The molecule has 3 atom stereocenters. The molecule has 2 aliphatic heterocycles. The van der Waals surface area contributed by atoms with Gasteiger partial charge in [-0.3, -0.25) is 14.6 Å². The number of fused-ring (bicyclic) bond motifs is 1. The second-order valence-electron chi connectivity index (χ2n) is 10.6. The topological polar surface area (TPSA) is 52.4 Å². The molecule has 1 aliphatic carbocycles. The van der Waals surface area contributed by atoms with Crippen molar-refractivity contribution in [3.05, 3.63) is 29.7 Å². The standard InChI is InChI=1S/C21H25F3N4O2.C4H10/c1-11(2)28-18(20-15-7-27(8-16(15)20)14-9-29-10-14)5-17(26-28)13-4-19(12(3)25-6-13)30-21(22,23)24;1-4(2)3/h4-6,11,14-16,20H,7-10H2,1-3H3;4H,1-3H3/t15-,16+,20?;. The van der Waals surface area contributed by atoms with E-state index in [0.717, 1.165) is 32.2 Å². The van der Waals surface area contributed by atoms with Gasteiger partial charge in [0.1, 0.15) is 0 Å². The molecule has 2 aromatic heterocycles. The number of ether oxygens (including phenoxy) is 2. The van der Waals surface area contributed by atoms with Gasteiger partial charge in [0.05, 0.1) is 30.6 Å². The Balaban J connectivity index is 0.000000636. The molecule has 0 bridgehead atoms. The number of piperidine rings is 1. The maximum absolute atomic E-state index is 12.7. The molecule has 3 fully saturated rings. The average Bonchev–Trinajstić information content (AvgIpc) is 3.02. The van der Waals surface area contributed by atoms with Crippen molar-refractivity contribution in [1.82, 2.24) is 19.7 Å². The van der Waals surface area contributed by atoms with Crippen LogP contribution >= 0.6 is 0 Å². The number of nitrogens with zero attached hydrogens (tertiary/aromatic N) is 4. The number of alkyl halides is 3. The lowest BCUT2D eigenvalue weighted by Gasteiger charge is -2.35. The average molecular weight is 481 g/mol. The smallest absolute Gasteiger partial charge is 0.404 e. The summed E-state index contributed by atoms with van der Waals surface area (Å²) in [4.78, 5) is 6.62. The largest absolute Gasteiger partial charge is 0.573 e. The van der Waals surface area contributed by atoms with Crippen molar-refractivity contribution in [3.8, 4) is 17.0 Å². The molecule has 1 saturated carbocycles. The Morgan fingerprint density at radius 3 is 2.18 bits per heavy atom. The lowest BCUT2D eigenvalue weighted by Crippen LogP contribution is -2.48. The van der Waals surface area contributed by atoms with E-state index >= 15 is 0 Å². The Hall–Kier alpha value is -2.13. The summed E-state index contributed by atoms with van der Waals surface area (Å²) in [6.45, 7) is 16.0. The van der Waals surface area contributed by atoms with Crippen LogP contribution in [0.2, 0.25) is 0 Å². The minimum absolute atomic E-state index is 0.163. The predicted octanol–water partition coefficient (Wildman–Crippen LogP) is 5.44. The van der Waals surface area contributed by atoms with Crippen LogP contribution in [0.25, 0.3) is 11.3 Å². The maximum atomic E-state index is 12.7. The van der Waals surface area contributed by atoms with Crippen LogP contribution in [-0.2, 0) is 4.74 Å². The summed E-state index contributed by atoms with van der Waals surface area (Å²) in [7, 11) is 0. The highest BCUT2D eigenvalue weighted by Gasteiger charge is 2.58. The van der Waals surface area contributed by atoms with Gasteiger partial charge in [-0.25, -0.2) is 0 Å². The molecule has 0 aromatic carbocycles. The van der Waals surface area contributed by atoms with Gasteiger partial charge in [-0.15, -0.1) is 13.2 Å². The van der Waals surface area contributed by atoms with Crippen LogP contribution in [0, 0.1) is 24.7 Å². The van der Waals surface area contributed by atoms with Crippen LogP contribution in [0.3, 0.4) is 0 Å². The van der Waals surface area contributed by atoms with Gasteiger partial charge in [-0.1, -0.05) is 20.8 Å². The van der Waals surface area contributed by atoms with E-state index in [-0.39, 0.29) is 17.5 Å². The number of hydrogen-bond donors (Lipinski definition) is 0. The number of hydrogen-bond acceptors (Lipinski definition) is 5. The van der Waals surface area contributed by atoms with Gasteiger partial charge in [0, 0.05) is 42.5 Å². The van der Waals surface area contributed by atoms with Gasteiger partial charge in [0.2, 0.25) is 0 Å². The zero-order valence-corrected chi connectivity index (χ0v) is 20.8. The van der Waals surface area contributed by atoms with Crippen molar-refractivity contribution < 1.29 is 22.6 Å². The third kappa shape index (κ3) is 5.40. The molecular formula is C25H35F3N4O2. The van der Waals surface area contributed by atoms with Gasteiger partial charge in [0.15, 0.2) is 5.75 Å². The van der Waals surface area contributed by atoms with Gasteiger partial charge in [-0.2, -0.15) is 5.10 Å². The number of aromatic nitrogens is 3. The molecule has 0 amide bonds. The highest BCUT2D eigenvalue weighted by molar-refractivity contribution is 5.61. The van der Waals surface area contributed by atoms with Crippen LogP contribution < -0.4 is 4.74 Å². The summed E-state index contributed by atoms with van der Waals surface area (Å²) in [6, 6.07) is 4.12. The zero-order valence-electron chi connectivity index (χ0n) is 20.8. The fourth-order valence-electron chi connectivity index (χ4n) is 4.82. The van der Waals surface area contributed by atoms with Crippen molar-refractivity contribution in [3.63, 3.8) is 0 Å². The zero-order chi connectivity index (χ0) is 24.8. The van der Waals surface area contributed by atoms with Crippen molar-refractivity contribution in [2.45, 2.75) is 65.9 Å². The Morgan fingerprint density at radius 1 is 1.06 bits per heavy atom. The van der Waals surface area contributed by atoms with Crippen LogP contribution in [0.15, 0.2) is 18.3 Å². The number of aryl methyl sites for hydroxylation is 1. The van der Waals surface area contributed by atoms with Crippen molar-refractivity contribution >= 4 is 0 Å². The van der Waals surface area contributed by atoms with E-state index in [1.54, 1.807) is 6.20 Å². The van der Waals surface area contributed by atoms with E-state index in [2.05, 4.69) is 49.2 Å². The highest BCUT2D eigenvalue weighted by atomic mass is 19.4. The molecular weight excluding hydrogens is 445 g/mol. The lowest BCUT2D eigenvalue weighted by molar-refractivity contribution is -0.274. The molecule has 2 aromatic rings. The second-order valence-corrected chi connectivity index (χ2v) is 10.6. The van der Waals surface area contributed by atoms with E-state index in [0.29, 0.717) is 35.1 Å². The van der Waals surface area contributed by atoms with Crippen LogP contribution in [0.5, 0.6) is 5.75 Å². The molecule has 0 radical (unpaired) electrons. The summed E-state index contributed by atoms with van der Waals surface area (Å²) in [5.74, 6) is 2.23. The number of rotatable bonds is 5. The van der Waals surface area contributed by atoms with Gasteiger partial charge < -0.3 is 9.47 Å². The van der Waals surface area contributed by atoms with Gasteiger partial charge >= 0.3 is 6.36 Å². The molecule has 1 unspecified atom stereocenters. The fourth-order valence-corrected chi connectivity index (χ4v) is 4.82. The third-order valence-corrected chi connectivity index (χ3v) is 6.52. The van der Waals surface area contributed by atoms with Gasteiger partial charge in [0.25, 0.3) is 0 Å². The predicted molar refractivity (Wildman–Crippen MR) is 124 cm³/mol. The van der Waals surface area contributed by atoms with E-state index in [1.165, 1.54) is 18.7 Å². The second kappa shape index (κ2) is 9.49. The summed E-state index contributed by atoms with van der Waals surface area (Å²) in [5, 5.41) is 4.72. The summed E-state index contributed by atoms with van der Waals surface area (Å²) < 4.78 is 49.6. The molecule has 2 saturated heterocycles. The SMILES string of the molecule is CC(C)C.Cc1ncc(-c2cc(C3[C@H]4CN(C5COC5)C[C@@H]34)n(C(C)C)n2)cc1OC(F)(F)F. The monoisotopic (exact) mass is 480 g/mol. The van der Waals surface area contributed by atoms with Crippen LogP contribution in [0.1, 0.15) is 58.0 Å². The number of pyridine rings is 1. The number of likely N-dealkylation sites (tertiary alicyclic amines) is 1. The summed E-state index contributed by atoms with van der Waals surface area (Å²) >= 11 is 0. The Labute approximate surface area is 199 Å². The lowest BCUT2D eigenvalue weighted by atomic mass is 10.1.